The summed E-state index contributed by atoms with van der Waals surface area (Å²) in [4.78, 5) is 42.7. The molecule has 0 aliphatic carbocycles. The van der Waals surface area contributed by atoms with Crippen molar-refractivity contribution in [3.63, 3.8) is 0 Å². The molecule has 0 radical (unpaired) electrons. The lowest BCUT2D eigenvalue weighted by atomic mass is 9.89. The zero-order valence-corrected chi connectivity index (χ0v) is 25.4. The van der Waals surface area contributed by atoms with Crippen molar-refractivity contribution < 1.29 is 9.59 Å². The summed E-state index contributed by atoms with van der Waals surface area (Å²) in [5, 5.41) is 10.2. The third kappa shape index (κ3) is 7.98. The second-order valence-electron chi connectivity index (χ2n) is 12.4. The zero-order chi connectivity index (χ0) is 30.4. The van der Waals surface area contributed by atoms with E-state index in [0.717, 1.165) is 31.6 Å². The number of anilines is 2. The number of Topliss-reactive ketones (excluding diaryl/α,β-unsaturated/α-hetero) is 1. The van der Waals surface area contributed by atoms with Crippen LogP contribution in [0.2, 0.25) is 0 Å². The number of nitrogens with one attached hydrogen (secondary N) is 1. The normalized spacial score (nSPS) is 17.3. The molecule has 5 N–H and O–H groups in total. The molecule has 0 unspecified atom stereocenters. The van der Waals surface area contributed by atoms with E-state index >= 15 is 0 Å². The predicted molar refractivity (Wildman–Crippen MR) is 167 cm³/mol. The maximum atomic E-state index is 12.8. The van der Waals surface area contributed by atoms with Gasteiger partial charge in [0, 0.05) is 42.5 Å². The number of aromatic nitrogens is 2. The highest BCUT2D eigenvalue weighted by molar-refractivity contribution is 6.09. The summed E-state index contributed by atoms with van der Waals surface area (Å²) in [7, 11) is 0. The van der Waals surface area contributed by atoms with Gasteiger partial charge in [-0.15, -0.1) is 0 Å². The first kappa shape index (κ1) is 31.2. The number of amides is 1. The van der Waals surface area contributed by atoms with Crippen molar-refractivity contribution in [1.82, 2.24) is 14.9 Å². The fourth-order valence-corrected chi connectivity index (χ4v) is 5.48. The van der Waals surface area contributed by atoms with Crippen LogP contribution in [-0.4, -0.2) is 76.9 Å². The SMILES string of the molecule is Cc1ncc(C(=O)N=C(N)CC(=O)C(C)(C)C)cc1N(N)CC(=N)c1cncc(N2CCC(N3CCCCC3)CC2)c1. The number of piperidine rings is 2. The molecule has 0 bridgehead atoms. The largest absolute Gasteiger partial charge is 0.387 e. The van der Waals surface area contributed by atoms with Crippen LogP contribution in [0.25, 0.3) is 0 Å². The summed E-state index contributed by atoms with van der Waals surface area (Å²) in [6.07, 6.45) is 11.1. The van der Waals surface area contributed by atoms with Gasteiger partial charge < -0.3 is 26.0 Å². The van der Waals surface area contributed by atoms with Crippen LogP contribution in [0.5, 0.6) is 0 Å². The van der Waals surface area contributed by atoms with E-state index in [1.165, 1.54) is 43.6 Å². The lowest BCUT2D eigenvalue weighted by Gasteiger charge is -2.41. The molecule has 0 saturated carbocycles. The van der Waals surface area contributed by atoms with Gasteiger partial charge in [-0.3, -0.25) is 19.6 Å². The van der Waals surface area contributed by atoms with Gasteiger partial charge in [-0.1, -0.05) is 27.2 Å². The Morgan fingerprint density at radius 3 is 2.40 bits per heavy atom. The maximum absolute atomic E-state index is 12.8. The molecule has 0 atom stereocenters. The molecule has 2 saturated heterocycles. The number of likely N-dealkylation sites (tertiary alicyclic amines) is 1. The Labute approximate surface area is 248 Å². The van der Waals surface area contributed by atoms with Crippen molar-refractivity contribution >= 4 is 34.6 Å². The predicted octanol–water partition coefficient (Wildman–Crippen LogP) is 3.49. The first-order valence-corrected chi connectivity index (χ1v) is 14.8. The molecule has 11 heteroatoms. The first-order valence-electron chi connectivity index (χ1n) is 14.8. The average Bonchev–Trinajstić information content (AvgIpc) is 2.97. The highest BCUT2D eigenvalue weighted by Crippen LogP contribution is 2.25. The average molecular weight is 576 g/mol. The molecular weight excluding hydrogens is 530 g/mol. The zero-order valence-electron chi connectivity index (χ0n) is 25.4. The van der Waals surface area contributed by atoms with Crippen LogP contribution in [0.3, 0.4) is 0 Å². The summed E-state index contributed by atoms with van der Waals surface area (Å²) >= 11 is 0. The molecule has 1 amide bonds. The topological polar surface area (TPSA) is 158 Å². The van der Waals surface area contributed by atoms with E-state index in [1.807, 2.05) is 12.3 Å². The van der Waals surface area contributed by atoms with E-state index in [9.17, 15) is 9.59 Å². The Kier molecular flexibility index (Phi) is 10.1. The smallest absolute Gasteiger partial charge is 0.280 e. The molecule has 226 valence electrons. The number of nitrogens with zero attached hydrogens (tertiary/aromatic N) is 6. The number of aryl methyl sites for hydroxylation is 1. The van der Waals surface area contributed by atoms with Crippen molar-refractivity contribution in [2.24, 2.45) is 22.0 Å². The van der Waals surface area contributed by atoms with Gasteiger partial charge in [-0.25, -0.2) is 5.84 Å². The van der Waals surface area contributed by atoms with Crippen molar-refractivity contribution in [3.8, 4) is 0 Å². The van der Waals surface area contributed by atoms with E-state index in [1.54, 1.807) is 40.0 Å². The van der Waals surface area contributed by atoms with Crippen molar-refractivity contribution in [3.05, 3.63) is 47.5 Å². The van der Waals surface area contributed by atoms with Crippen molar-refractivity contribution in [2.45, 2.75) is 72.3 Å². The molecule has 2 fully saturated rings. The number of hydrazine groups is 1. The maximum Gasteiger partial charge on any atom is 0.280 e. The summed E-state index contributed by atoms with van der Waals surface area (Å²) in [6.45, 7) is 11.6. The number of nitrogens with two attached hydrogens (primary N) is 2. The van der Waals surface area contributed by atoms with Crippen LogP contribution < -0.4 is 21.5 Å². The Balaban J connectivity index is 1.38. The number of aliphatic imine (C=N–C) groups is 1. The van der Waals surface area contributed by atoms with Gasteiger partial charge in [0.15, 0.2) is 0 Å². The van der Waals surface area contributed by atoms with E-state index in [4.69, 9.17) is 17.0 Å². The number of hydrogen-bond acceptors (Lipinski definition) is 9. The molecule has 0 spiro atoms. The van der Waals surface area contributed by atoms with E-state index in [0.29, 0.717) is 28.7 Å². The second kappa shape index (κ2) is 13.5. The molecular formula is C31H45N9O2. The number of hydrogen-bond donors (Lipinski definition) is 3. The van der Waals surface area contributed by atoms with Gasteiger partial charge in [-0.2, -0.15) is 4.99 Å². The van der Waals surface area contributed by atoms with Gasteiger partial charge in [0.2, 0.25) is 0 Å². The number of carbonyl (C=O) groups excluding carboxylic acids is 2. The van der Waals surface area contributed by atoms with Gasteiger partial charge in [0.25, 0.3) is 5.91 Å². The fraction of sp³-hybridized carbons (Fsp3) is 0.548. The van der Waals surface area contributed by atoms with Gasteiger partial charge in [-0.05, 0) is 57.8 Å². The Bertz CT molecular complexity index is 1320. The highest BCUT2D eigenvalue weighted by atomic mass is 16.1. The standard InChI is InChI=1S/C31H45N9O2/c1-21-27(15-23(18-36-21)30(42)37-29(33)16-28(41)31(2,3)4)40(34)20-26(32)22-14-25(19-35-17-22)39-12-8-24(9-13-39)38-10-6-5-7-11-38/h14-15,17-19,24,32H,5-13,16,20,34H2,1-4H3,(H2,33,37,42). The molecule has 4 rings (SSSR count). The number of ketones is 1. The van der Waals surface area contributed by atoms with Gasteiger partial charge in [0.05, 0.1) is 47.5 Å². The molecule has 0 aromatic carbocycles. The fourth-order valence-electron chi connectivity index (χ4n) is 5.48. The number of carbonyl (C=O) groups is 2. The van der Waals surface area contributed by atoms with Crippen LogP contribution in [0.1, 0.15) is 80.9 Å². The van der Waals surface area contributed by atoms with Crippen molar-refractivity contribution in [2.75, 3.05) is 42.6 Å². The minimum absolute atomic E-state index is 0.0449. The van der Waals surface area contributed by atoms with Crippen LogP contribution in [-0.2, 0) is 4.79 Å². The quantitative estimate of drug-likeness (QED) is 0.176. The second-order valence-corrected chi connectivity index (χ2v) is 12.4. The third-order valence-corrected chi connectivity index (χ3v) is 8.18. The summed E-state index contributed by atoms with van der Waals surface area (Å²) in [5.41, 5.74) is 8.61. The summed E-state index contributed by atoms with van der Waals surface area (Å²) in [5.74, 6) is 5.63. The molecule has 42 heavy (non-hydrogen) atoms. The van der Waals surface area contributed by atoms with Gasteiger partial charge in [0.1, 0.15) is 11.6 Å². The summed E-state index contributed by atoms with van der Waals surface area (Å²) in [6, 6.07) is 4.25. The lowest BCUT2D eigenvalue weighted by Crippen LogP contribution is -2.46. The molecule has 2 aliphatic heterocycles. The molecule has 11 nitrogen and oxygen atoms in total. The van der Waals surface area contributed by atoms with E-state index in [-0.39, 0.29) is 30.1 Å². The number of rotatable bonds is 9. The highest BCUT2D eigenvalue weighted by Gasteiger charge is 2.26. The third-order valence-electron chi connectivity index (χ3n) is 8.18. The first-order chi connectivity index (χ1) is 19.9. The molecule has 2 aromatic heterocycles. The molecule has 2 aromatic rings. The Hall–Kier alpha value is -3.70. The van der Waals surface area contributed by atoms with Crippen LogP contribution in [0, 0.1) is 17.7 Å². The minimum Gasteiger partial charge on any atom is -0.387 e. The lowest BCUT2D eigenvalue weighted by molar-refractivity contribution is -0.125. The van der Waals surface area contributed by atoms with E-state index in [2.05, 4.69) is 24.8 Å². The summed E-state index contributed by atoms with van der Waals surface area (Å²) < 4.78 is 0. The minimum atomic E-state index is -0.604. The van der Waals surface area contributed by atoms with Gasteiger partial charge >= 0.3 is 0 Å². The molecule has 4 heterocycles. The van der Waals surface area contributed by atoms with Crippen molar-refractivity contribution in [1.29, 1.82) is 5.41 Å². The monoisotopic (exact) mass is 575 g/mol. The van der Waals surface area contributed by atoms with Crippen LogP contribution in [0.15, 0.2) is 35.7 Å². The van der Waals surface area contributed by atoms with E-state index < -0.39 is 11.3 Å². The Morgan fingerprint density at radius 2 is 1.74 bits per heavy atom. The van der Waals surface area contributed by atoms with Crippen LogP contribution >= 0.6 is 0 Å². The Morgan fingerprint density at radius 1 is 1.05 bits per heavy atom. The van der Waals surface area contributed by atoms with Crippen LogP contribution in [0.4, 0.5) is 11.4 Å². The number of pyridine rings is 2. The molecule has 2 aliphatic rings. The number of amidine groups is 1.